The summed E-state index contributed by atoms with van der Waals surface area (Å²) >= 11 is 6.89. The lowest BCUT2D eigenvalue weighted by Gasteiger charge is -2.32. The molecule has 3 heterocycles. The number of nitrogens with two attached hydrogens (primary N) is 1. The van der Waals surface area contributed by atoms with Gasteiger partial charge in [0.15, 0.2) is 0 Å². The van der Waals surface area contributed by atoms with Crippen molar-refractivity contribution in [2.24, 2.45) is 11.7 Å². The lowest BCUT2D eigenvalue weighted by molar-refractivity contribution is -0.123. The molecule has 33 heavy (non-hydrogen) atoms. The van der Waals surface area contributed by atoms with Crippen LogP contribution in [0.25, 0.3) is 17.0 Å². The first-order valence-corrected chi connectivity index (χ1v) is 12.9. The number of fused-ring (bicyclic) bond motifs is 1. The highest BCUT2D eigenvalue weighted by atomic mass is 32.2. The normalized spacial score (nSPS) is 18.6. The highest BCUT2D eigenvalue weighted by molar-refractivity contribution is 8.26. The summed E-state index contributed by atoms with van der Waals surface area (Å²) in [4.78, 5) is 34.2. The first-order chi connectivity index (χ1) is 16.0. The monoisotopic (exact) mass is 482 g/mol. The SMILES string of the molecule is CCCCCCN1C(=O)/C(=C/c2cc3ccccc3nc2N2CCC(C(N)=O)CC2)SC1=S. The summed E-state index contributed by atoms with van der Waals surface area (Å²) in [5.41, 5.74) is 7.33. The Hall–Kier alpha value is -2.45. The minimum absolute atomic E-state index is 0.0203. The fourth-order valence-corrected chi connectivity index (χ4v) is 5.69. The lowest BCUT2D eigenvalue weighted by atomic mass is 9.96. The maximum Gasteiger partial charge on any atom is 0.266 e. The number of benzene rings is 1. The quantitative estimate of drug-likeness (QED) is 0.333. The standard InChI is InChI=1S/C25H30N4O2S2/c1-2-3-4-7-12-29-24(31)21(33-25(29)32)16-19-15-18-8-5-6-9-20(18)27-23(19)28-13-10-17(11-14-28)22(26)30/h5-6,8-9,15-17H,2-4,7,10-14H2,1H3,(H2,26,30)/b21-16-. The van der Waals surface area contributed by atoms with Gasteiger partial charge >= 0.3 is 0 Å². The second kappa shape index (κ2) is 10.7. The third-order valence-electron chi connectivity index (χ3n) is 6.32. The van der Waals surface area contributed by atoms with Gasteiger partial charge in [0, 0.05) is 36.5 Å². The Morgan fingerprint density at radius 3 is 2.73 bits per heavy atom. The number of aromatic nitrogens is 1. The van der Waals surface area contributed by atoms with Gasteiger partial charge in [-0.3, -0.25) is 14.5 Å². The molecular formula is C25H30N4O2S2. The van der Waals surface area contributed by atoms with E-state index in [1.54, 1.807) is 4.90 Å². The van der Waals surface area contributed by atoms with E-state index in [9.17, 15) is 9.59 Å². The first kappa shape index (κ1) is 23.7. The molecule has 2 aliphatic rings. The van der Waals surface area contributed by atoms with Gasteiger partial charge in [0.05, 0.1) is 10.4 Å². The summed E-state index contributed by atoms with van der Waals surface area (Å²) in [6.45, 7) is 4.26. The molecule has 174 valence electrons. The maximum atomic E-state index is 13.1. The van der Waals surface area contributed by atoms with Crippen LogP contribution >= 0.6 is 24.0 Å². The van der Waals surface area contributed by atoms with Crippen LogP contribution < -0.4 is 10.6 Å². The molecule has 2 N–H and O–H groups in total. The average Bonchev–Trinajstić information content (AvgIpc) is 3.08. The summed E-state index contributed by atoms with van der Waals surface area (Å²) in [5.74, 6) is 0.496. The van der Waals surface area contributed by atoms with Crippen LogP contribution in [0.1, 0.15) is 51.0 Å². The second-order valence-corrected chi connectivity index (χ2v) is 10.3. The van der Waals surface area contributed by atoms with E-state index in [-0.39, 0.29) is 17.7 Å². The van der Waals surface area contributed by atoms with Gasteiger partial charge < -0.3 is 10.6 Å². The molecule has 0 radical (unpaired) electrons. The van der Waals surface area contributed by atoms with Crippen LogP contribution in [-0.4, -0.2) is 45.7 Å². The van der Waals surface area contributed by atoms with E-state index >= 15 is 0 Å². The molecule has 0 aliphatic carbocycles. The van der Waals surface area contributed by atoms with E-state index in [1.165, 1.54) is 18.2 Å². The predicted octanol–water partition coefficient (Wildman–Crippen LogP) is 4.72. The molecule has 2 amide bonds. The number of para-hydroxylation sites is 1. The molecule has 0 spiro atoms. The van der Waals surface area contributed by atoms with Crippen molar-refractivity contribution >= 4 is 62.9 Å². The summed E-state index contributed by atoms with van der Waals surface area (Å²) in [6, 6.07) is 10.1. The number of carbonyl (C=O) groups is 2. The van der Waals surface area contributed by atoms with Crippen molar-refractivity contribution in [3.8, 4) is 0 Å². The molecular weight excluding hydrogens is 452 g/mol. The fraction of sp³-hybridized carbons (Fsp3) is 0.440. The Kier molecular flexibility index (Phi) is 7.65. The number of carbonyl (C=O) groups excluding carboxylic acids is 2. The van der Waals surface area contributed by atoms with E-state index in [0.29, 0.717) is 41.7 Å². The number of primary amides is 1. The van der Waals surface area contributed by atoms with Crippen LogP contribution in [0.2, 0.25) is 0 Å². The van der Waals surface area contributed by atoms with Gasteiger partial charge in [-0.25, -0.2) is 4.98 Å². The molecule has 8 heteroatoms. The molecule has 2 aliphatic heterocycles. The summed E-state index contributed by atoms with van der Waals surface area (Å²) < 4.78 is 0.625. The van der Waals surface area contributed by atoms with Gasteiger partial charge in [-0.05, 0) is 37.5 Å². The Bertz CT molecular complexity index is 1090. The first-order valence-electron chi connectivity index (χ1n) is 11.7. The Balaban J connectivity index is 1.62. The van der Waals surface area contributed by atoms with Crippen LogP contribution in [-0.2, 0) is 9.59 Å². The van der Waals surface area contributed by atoms with E-state index in [1.807, 2.05) is 30.3 Å². The van der Waals surface area contributed by atoms with E-state index < -0.39 is 0 Å². The zero-order valence-electron chi connectivity index (χ0n) is 19.0. The minimum atomic E-state index is -0.232. The molecule has 1 aromatic carbocycles. The second-order valence-electron chi connectivity index (χ2n) is 8.65. The minimum Gasteiger partial charge on any atom is -0.369 e. The van der Waals surface area contributed by atoms with E-state index in [0.717, 1.165) is 41.5 Å². The number of anilines is 1. The van der Waals surface area contributed by atoms with Crippen molar-refractivity contribution in [3.63, 3.8) is 0 Å². The van der Waals surface area contributed by atoms with Crippen LogP contribution in [0.3, 0.4) is 0 Å². The zero-order chi connectivity index (χ0) is 23.4. The number of nitrogens with zero attached hydrogens (tertiary/aromatic N) is 3. The van der Waals surface area contributed by atoms with E-state index in [4.69, 9.17) is 22.9 Å². The van der Waals surface area contributed by atoms with E-state index in [2.05, 4.69) is 17.9 Å². The van der Waals surface area contributed by atoms with Gasteiger partial charge in [-0.15, -0.1) is 0 Å². The third-order valence-corrected chi connectivity index (χ3v) is 7.70. The van der Waals surface area contributed by atoms with Gasteiger partial charge in [0.2, 0.25) is 5.91 Å². The van der Waals surface area contributed by atoms with Crippen molar-refractivity contribution in [2.45, 2.75) is 45.4 Å². The maximum absolute atomic E-state index is 13.1. The zero-order valence-corrected chi connectivity index (χ0v) is 20.6. The van der Waals surface area contributed by atoms with Crippen LogP contribution in [0.4, 0.5) is 5.82 Å². The molecule has 1 aromatic heterocycles. The van der Waals surface area contributed by atoms with Gasteiger partial charge in [0.1, 0.15) is 10.1 Å². The number of amides is 2. The van der Waals surface area contributed by atoms with Crippen LogP contribution in [0.5, 0.6) is 0 Å². The van der Waals surface area contributed by atoms with Crippen LogP contribution in [0, 0.1) is 5.92 Å². The lowest BCUT2D eigenvalue weighted by Crippen LogP contribution is -2.39. The predicted molar refractivity (Wildman–Crippen MR) is 140 cm³/mol. The molecule has 0 saturated carbocycles. The third kappa shape index (κ3) is 5.38. The van der Waals surface area contributed by atoms with Crippen molar-refractivity contribution in [2.75, 3.05) is 24.5 Å². The summed E-state index contributed by atoms with van der Waals surface area (Å²) in [5, 5.41) is 1.02. The highest BCUT2D eigenvalue weighted by Gasteiger charge is 2.32. The summed E-state index contributed by atoms with van der Waals surface area (Å²) in [7, 11) is 0. The number of unbranched alkanes of at least 4 members (excludes halogenated alkanes) is 3. The molecule has 0 bridgehead atoms. The topological polar surface area (TPSA) is 79.5 Å². The number of pyridine rings is 1. The van der Waals surface area contributed by atoms with Crippen molar-refractivity contribution in [1.29, 1.82) is 0 Å². The number of piperidine rings is 1. The number of hydrogen-bond donors (Lipinski definition) is 1. The molecule has 0 unspecified atom stereocenters. The largest absolute Gasteiger partial charge is 0.369 e. The van der Waals surface area contributed by atoms with Crippen molar-refractivity contribution in [1.82, 2.24) is 9.88 Å². The molecule has 2 aromatic rings. The number of thiocarbonyl (C=S) groups is 1. The highest BCUT2D eigenvalue weighted by Crippen LogP contribution is 2.36. The van der Waals surface area contributed by atoms with Gasteiger partial charge in [0.25, 0.3) is 5.91 Å². The molecule has 2 saturated heterocycles. The smallest absolute Gasteiger partial charge is 0.266 e. The molecule has 2 fully saturated rings. The Morgan fingerprint density at radius 2 is 2.00 bits per heavy atom. The van der Waals surface area contributed by atoms with Crippen molar-refractivity contribution < 1.29 is 9.59 Å². The summed E-state index contributed by atoms with van der Waals surface area (Å²) in [6.07, 6.45) is 7.75. The average molecular weight is 483 g/mol. The van der Waals surface area contributed by atoms with Gasteiger partial charge in [-0.2, -0.15) is 0 Å². The molecule has 4 rings (SSSR count). The Labute approximate surface area is 204 Å². The Morgan fingerprint density at radius 1 is 1.24 bits per heavy atom. The fourth-order valence-electron chi connectivity index (χ4n) is 4.39. The van der Waals surface area contributed by atoms with Gasteiger partial charge in [-0.1, -0.05) is 68.4 Å². The number of thioether (sulfide) groups is 1. The molecule has 0 atom stereocenters. The van der Waals surface area contributed by atoms with Crippen LogP contribution in [0.15, 0.2) is 35.2 Å². The number of hydrogen-bond acceptors (Lipinski definition) is 6. The molecule has 6 nitrogen and oxygen atoms in total. The number of rotatable bonds is 8. The van der Waals surface area contributed by atoms with Crippen molar-refractivity contribution in [3.05, 3.63) is 40.8 Å².